The van der Waals surface area contributed by atoms with Gasteiger partial charge in [0.05, 0.1) is 19.8 Å². The Hall–Kier alpha value is -2.23. The van der Waals surface area contributed by atoms with Gasteiger partial charge in [-0.15, -0.1) is 11.8 Å². The largest absolute Gasteiger partial charge is 0.497 e. The number of benzene rings is 1. The summed E-state index contributed by atoms with van der Waals surface area (Å²) in [6.07, 6.45) is 2.83. The van der Waals surface area contributed by atoms with E-state index in [1.54, 1.807) is 14.2 Å². The van der Waals surface area contributed by atoms with Gasteiger partial charge in [0.2, 0.25) is 0 Å². The standard InChI is InChI=1S/C19H21N3O2S/c1-22-8-7-16-15(11-22)18(14(10-20)19(21-16)25-4)13-9-12(23-2)5-6-17(13)24-3/h5-6,9H,7-8,11H2,1-4H3. The predicted octanol–water partition coefficient (Wildman–Crippen LogP) is 3.35. The van der Waals surface area contributed by atoms with Gasteiger partial charge in [-0.05, 0) is 37.1 Å². The molecule has 0 spiro atoms. The van der Waals surface area contributed by atoms with Gasteiger partial charge in [-0.1, -0.05) is 0 Å². The molecule has 0 unspecified atom stereocenters. The second-order valence-corrected chi connectivity index (χ2v) is 6.76. The number of ether oxygens (including phenoxy) is 2. The summed E-state index contributed by atoms with van der Waals surface area (Å²) < 4.78 is 11.0. The Morgan fingerprint density at radius 2 is 2.08 bits per heavy atom. The maximum absolute atomic E-state index is 9.86. The van der Waals surface area contributed by atoms with E-state index in [1.165, 1.54) is 11.8 Å². The minimum Gasteiger partial charge on any atom is -0.497 e. The molecular weight excluding hydrogens is 334 g/mol. The molecule has 6 heteroatoms. The number of methoxy groups -OCH3 is 2. The summed E-state index contributed by atoms with van der Waals surface area (Å²) in [5, 5.41) is 10.6. The molecule has 0 bridgehead atoms. The summed E-state index contributed by atoms with van der Waals surface area (Å²) in [5.74, 6) is 1.46. The van der Waals surface area contributed by atoms with Crippen LogP contribution >= 0.6 is 11.8 Å². The highest BCUT2D eigenvalue weighted by molar-refractivity contribution is 7.98. The smallest absolute Gasteiger partial charge is 0.127 e. The van der Waals surface area contributed by atoms with Crippen LogP contribution in [-0.2, 0) is 13.0 Å². The summed E-state index contributed by atoms with van der Waals surface area (Å²) in [7, 11) is 5.37. The van der Waals surface area contributed by atoms with Crippen LogP contribution in [0.4, 0.5) is 0 Å². The van der Waals surface area contributed by atoms with Crippen molar-refractivity contribution in [1.82, 2.24) is 9.88 Å². The van der Waals surface area contributed by atoms with E-state index >= 15 is 0 Å². The molecule has 2 heterocycles. The van der Waals surface area contributed by atoms with Crippen LogP contribution < -0.4 is 9.47 Å². The highest BCUT2D eigenvalue weighted by atomic mass is 32.2. The Morgan fingerprint density at radius 1 is 1.28 bits per heavy atom. The Kier molecular flexibility index (Phi) is 5.16. The van der Waals surface area contributed by atoms with E-state index in [0.717, 1.165) is 58.4 Å². The lowest BCUT2D eigenvalue weighted by molar-refractivity contribution is 0.309. The summed E-state index contributed by atoms with van der Waals surface area (Å²) in [4.78, 5) is 7.01. The van der Waals surface area contributed by atoms with Gasteiger partial charge in [-0.3, -0.25) is 0 Å². The maximum Gasteiger partial charge on any atom is 0.127 e. The van der Waals surface area contributed by atoms with Crippen LogP contribution in [0.25, 0.3) is 11.1 Å². The van der Waals surface area contributed by atoms with E-state index in [1.807, 2.05) is 24.5 Å². The molecule has 0 saturated heterocycles. The van der Waals surface area contributed by atoms with Crippen molar-refractivity contribution < 1.29 is 9.47 Å². The van der Waals surface area contributed by atoms with E-state index in [2.05, 4.69) is 18.0 Å². The first kappa shape index (κ1) is 17.6. The van der Waals surface area contributed by atoms with Crippen LogP contribution in [0, 0.1) is 11.3 Å². The first-order chi connectivity index (χ1) is 12.1. The summed E-state index contributed by atoms with van der Waals surface area (Å²) in [6.45, 7) is 1.73. The Labute approximate surface area is 152 Å². The number of thioether (sulfide) groups is 1. The average molecular weight is 355 g/mol. The van der Waals surface area contributed by atoms with E-state index in [-0.39, 0.29) is 0 Å². The number of likely N-dealkylation sites (N-methyl/N-ethyl adjacent to an activating group) is 1. The second-order valence-electron chi connectivity index (χ2n) is 5.96. The van der Waals surface area contributed by atoms with Gasteiger partial charge in [-0.2, -0.15) is 5.26 Å². The van der Waals surface area contributed by atoms with Gasteiger partial charge in [0, 0.05) is 36.3 Å². The monoisotopic (exact) mass is 355 g/mol. The fourth-order valence-corrected chi connectivity index (χ4v) is 3.78. The zero-order valence-electron chi connectivity index (χ0n) is 14.9. The molecule has 3 rings (SSSR count). The first-order valence-corrected chi connectivity index (χ1v) is 9.26. The number of nitrogens with zero attached hydrogens (tertiary/aromatic N) is 3. The van der Waals surface area contributed by atoms with Crippen LogP contribution in [0.15, 0.2) is 23.2 Å². The SMILES string of the molecule is COc1ccc(OC)c(-c2c(C#N)c(SC)nc3c2CN(C)CC3)c1. The van der Waals surface area contributed by atoms with Crippen LogP contribution in [0.3, 0.4) is 0 Å². The number of pyridine rings is 1. The Morgan fingerprint density at radius 3 is 2.72 bits per heavy atom. The lowest BCUT2D eigenvalue weighted by Gasteiger charge is -2.28. The molecule has 25 heavy (non-hydrogen) atoms. The Balaban J connectivity index is 2.37. The van der Waals surface area contributed by atoms with Crippen molar-refractivity contribution >= 4 is 11.8 Å². The molecule has 1 aromatic carbocycles. The molecule has 0 radical (unpaired) electrons. The fraction of sp³-hybridized carbons (Fsp3) is 0.368. The molecule has 0 amide bonds. The van der Waals surface area contributed by atoms with E-state index in [9.17, 15) is 5.26 Å². The van der Waals surface area contributed by atoms with E-state index < -0.39 is 0 Å². The first-order valence-electron chi connectivity index (χ1n) is 8.03. The minimum absolute atomic E-state index is 0.605. The normalized spacial score (nSPS) is 13.9. The Bertz CT molecular complexity index is 846. The lowest BCUT2D eigenvalue weighted by Crippen LogP contribution is -2.28. The molecule has 130 valence electrons. The summed E-state index contributed by atoms with van der Waals surface area (Å²) >= 11 is 1.51. The maximum atomic E-state index is 9.86. The highest BCUT2D eigenvalue weighted by Crippen LogP contribution is 2.41. The van der Waals surface area contributed by atoms with Gasteiger partial charge >= 0.3 is 0 Å². The third-order valence-corrected chi connectivity index (χ3v) is 5.17. The van der Waals surface area contributed by atoms with Gasteiger partial charge in [0.1, 0.15) is 22.6 Å². The number of aromatic nitrogens is 1. The molecule has 1 aliphatic rings. The quantitative estimate of drug-likeness (QED) is 0.784. The van der Waals surface area contributed by atoms with Crippen molar-refractivity contribution in [3.63, 3.8) is 0 Å². The molecule has 0 aliphatic carbocycles. The van der Waals surface area contributed by atoms with Gasteiger partial charge in [0.15, 0.2) is 0 Å². The van der Waals surface area contributed by atoms with Gasteiger partial charge < -0.3 is 14.4 Å². The number of fused-ring (bicyclic) bond motifs is 1. The zero-order chi connectivity index (χ0) is 18.0. The lowest BCUT2D eigenvalue weighted by atomic mass is 9.91. The number of hydrogen-bond acceptors (Lipinski definition) is 6. The molecular formula is C19H21N3O2S. The molecule has 5 nitrogen and oxygen atoms in total. The van der Waals surface area contributed by atoms with E-state index in [4.69, 9.17) is 14.5 Å². The predicted molar refractivity (Wildman–Crippen MR) is 99.3 cm³/mol. The molecule has 0 saturated carbocycles. The molecule has 0 N–H and O–H groups in total. The van der Waals surface area contributed by atoms with Crippen molar-refractivity contribution in [1.29, 1.82) is 5.26 Å². The third-order valence-electron chi connectivity index (χ3n) is 4.49. The molecule has 1 aromatic heterocycles. The van der Waals surface area contributed by atoms with Crippen molar-refractivity contribution in [2.45, 2.75) is 18.0 Å². The van der Waals surface area contributed by atoms with Crippen LogP contribution in [0.2, 0.25) is 0 Å². The summed E-state index contributed by atoms with van der Waals surface area (Å²) in [5.41, 5.74) is 4.57. The summed E-state index contributed by atoms with van der Waals surface area (Å²) in [6, 6.07) is 8.05. The van der Waals surface area contributed by atoms with E-state index in [0.29, 0.717) is 5.56 Å². The topological polar surface area (TPSA) is 58.4 Å². The fourth-order valence-electron chi connectivity index (χ4n) is 3.23. The molecule has 2 aromatic rings. The second kappa shape index (κ2) is 7.34. The van der Waals surface area contributed by atoms with Crippen molar-refractivity contribution in [2.24, 2.45) is 0 Å². The zero-order valence-corrected chi connectivity index (χ0v) is 15.7. The number of hydrogen-bond donors (Lipinski definition) is 0. The van der Waals surface area contributed by atoms with Crippen molar-refractivity contribution in [2.75, 3.05) is 34.1 Å². The highest BCUT2D eigenvalue weighted by Gasteiger charge is 2.26. The van der Waals surface area contributed by atoms with Gasteiger partial charge in [-0.25, -0.2) is 4.98 Å². The molecule has 1 aliphatic heterocycles. The van der Waals surface area contributed by atoms with Crippen molar-refractivity contribution in [3.8, 4) is 28.7 Å². The van der Waals surface area contributed by atoms with Gasteiger partial charge in [0.25, 0.3) is 0 Å². The van der Waals surface area contributed by atoms with Crippen molar-refractivity contribution in [3.05, 3.63) is 35.0 Å². The average Bonchev–Trinajstić information content (AvgIpc) is 2.65. The van der Waals surface area contributed by atoms with Crippen LogP contribution in [0.5, 0.6) is 11.5 Å². The number of rotatable bonds is 4. The third kappa shape index (κ3) is 3.17. The molecule has 0 fully saturated rings. The van der Waals surface area contributed by atoms with Crippen LogP contribution in [-0.4, -0.2) is 44.0 Å². The molecule has 0 atom stereocenters. The van der Waals surface area contributed by atoms with Crippen LogP contribution in [0.1, 0.15) is 16.8 Å². The minimum atomic E-state index is 0.605. The number of nitriles is 1.